The Kier molecular flexibility index (Phi) is 3.73. The lowest BCUT2D eigenvalue weighted by Crippen LogP contribution is -2.35. The summed E-state index contributed by atoms with van der Waals surface area (Å²) in [5, 5.41) is 14.2. The van der Waals surface area contributed by atoms with Crippen molar-refractivity contribution in [1.29, 1.82) is 0 Å². The number of halogens is 2. The van der Waals surface area contributed by atoms with Crippen molar-refractivity contribution in [2.24, 2.45) is 0 Å². The third-order valence-corrected chi connectivity index (χ3v) is 1.76. The molecule has 0 aliphatic carbocycles. The number of hydrogen-bond donors (Lipinski definition) is 2. The zero-order valence-corrected chi connectivity index (χ0v) is 7.91. The van der Waals surface area contributed by atoms with Gasteiger partial charge in [0, 0.05) is 6.54 Å². The lowest BCUT2D eigenvalue weighted by atomic mass is 10.2. The monoisotopic (exact) mass is 220 g/mol. The van der Waals surface area contributed by atoms with Gasteiger partial charge < -0.3 is 14.9 Å². The molecule has 0 aliphatic rings. The summed E-state index contributed by atoms with van der Waals surface area (Å²) in [5.41, 5.74) is 0.163. The molecule has 7 heteroatoms. The average molecular weight is 220 g/mol. The van der Waals surface area contributed by atoms with E-state index in [0.717, 1.165) is 0 Å². The van der Waals surface area contributed by atoms with Crippen molar-refractivity contribution in [3.63, 3.8) is 0 Å². The molecule has 1 heterocycles. The molecular weight excluding hydrogens is 210 g/mol. The Balaban J connectivity index is 2.47. The molecule has 2 N–H and O–H groups in total. The maximum Gasteiger partial charge on any atom is 0.265 e. The first-order valence-electron chi connectivity index (χ1n) is 4.18. The Hall–Kier alpha value is -1.50. The van der Waals surface area contributed by atoms with Crippen LogP contribution in [-0.2, 0) is 0 Å². The fourth-order valence-corrected chi connectivity index (χ4v) is 0.898. The predicted molar refractivity (Wildman–Crippen MR) is 45.6 cm³/mol. The minimum atomic E-state index is -2.88. The summed E-state index contributed by atoms with van der Waals surface area (Å²) < 4.78 is 28.4. The number of aryl methyl sites for hydroxylation is 1. The highest BCUT2D eigenvalue weighted by molar-refractivity contribution is 5.94. The van der Waals surface area contributed by atoms with Gasteiger partial charge in [-0.3, -0.25) is 4.79 Å². The summed E-state index contributed by atoms with van der Waals surface area (Å²) in [7, 11) is 0. The van der Waals surface area contributed by atoms with Crippen LogP contribution in [0.5, 0.6) is 0 Å². The predicted octanol–water partition coefficient (Wildman–Crippen LogP) is 0.339. The van der Waals surface area contributed by atoms with Crippen LogP contribution in [0.3, 0.4) is 0 Å². The Bertz CT molecular complexity index is 340. The van der Waals surface area contributed by atoms with E-state index in [1.807, 2.05) is 0 Å². The topological polar surface area (TPSA) is 75.4 Å². The fraction of sp³-hybridized carbons (Fsp3) is 0.500. The highest BCUT2D eigenvalue weighted by Crippen LogP contribution is 2.05. The van der Waals surface area contributed by atoms with Crippen LogP contribution in [0.15, 0.2) is 10.7 Å². The Labute approximate surface area is 84.1 Å². The Morgan fingerprint density at radius 2 is 2.40 bits per heavy atom. The largest absolute Gasteiger partial charge is 0.385 e. The minimum Gasteiger partial charge on any atom is -0.385 e. The van der Waals surface area contributed by atoms with Gasteiger partial charge in [0.2, 0.25) is 0 Å². The van der Waals surface area contributed by atoms with Gasteiger partial charge in [0.05, 0.1) is 6.20 Å². The molecular formula is C8H10F2N2O3. The van der Waals surface area contributed by atoms with Crippen LogP contribution in [-0.4, -0.2) is 35.2 Å². The molecule has 1 unspecified atom stereocenters. The molecule has 15 heavy (non-hydrogen) atoms. The molecule has 5 nitrogen and oxygen atoms in total. The van der Waals surface area contributed by atoms with Gasteiger partial charge in [0.25, 0.3) is 12.3 Å². The number of nitrogens with one attached hydrogen (secondary N) is 1. The van der Waals surface area contributed by atoms with E-state index in [0.29, 0.717) is 5.76 Å². The van der Waals surface area contributed by atoms with Gasteiger partial charge in [-0.1, -0.05) is 5.16 Å². The molecule has 1 amide bonds. The van der Waals surface area contributed by atoms with E-state index in [1.54, 1.807) is 0 Å². The first-order valence-corrected chi connectivity index (χ1v) is 4.18. The quantitative estimate of drug-likeness (QED) is 0.767. The summed E-state index contributed by atoms with van der Waals surface area (Å²) >= 11 is 0. The van der Waals surface area contributed by atoms with Crippen LogP contribution in [0.2, 0.25) is 0 Å². The second-order valence-electron chi connectivity index (χ2n) is 2.91. The number of hydrogen-bond acceptors (Lipinski definition) is 4. The zero-order valence-electron chi connectivity index (χ0n) is 7.91. The van der Waals surface area contributed by atoms with Crippen LogP contribution in [0.4, 0.5) is 8.78 Å². The molecule has 0 radical (unpaired) electrons. The summed E-state index contributed by atoms with van der Waals surface area (Å²) in [6.07, 6.45) is -3.57. The normalized spacial score (nSPS) is 12.9. The molecule has 1 rings (SSSR count). The van der Waals surface area contributed by atoms with Gasteiger partial charge in [-0.2, -0.15) is 0 Å². The molecule has 1 aromatic heterocycles. The standard InChI is InChI=1S/C8H10F2N2O3/c1-4-5(2-12-15-4)8(14)11-3-6(13)7(9)10/h2,6-7,13H,3H2,1H3,(H,11,14). The summed E-state index contributed by atoms with van der Waals surface area (Å²) in [6.45, 7) is 1.01. The first-order chi connectivity index (χ1) is 7.02. The lowest BCUT2D eigenvalue weighted by Gasteiger charge is -2.09. The van der Waals surface area contributed by atoms with Gasteiger partial charge in [0.1, 0.15) is 17.4 Å². The number of aliphatic hydroxyl groups is 1. The van der Waals surface area contributed by atoms with Gasteiger partial charge in [-0.05, 0) is 6.92 Å². The molecule has 0 bridgehead atoms. The third kappa shape index (κ3) is 2.98. The van der Waals surface area contributed by atoms with Gasteiger partial charge in [0.15, 0.2) is 0 Å². The van der Waals surface area contributed by atoms with Crippen LogP contribution in [0.25, 0.3) is 0 Å². The molecule has 1 aromatic rings. The first kappa shape index (κ1) is 11.6. The van der Waals surface area contributed by atoms with Crippen molar-refractivity contribution >= 4 is 5.91 Å². The van der Waals surface area contributed by atoms with Crippen molar-refractivity contribution in [2.75, 3.05) is 6.54 Å². The zero-order chi connectivity index (χ0) is 11.4. The van der Waals surface area contributed by atoms with Crippen LogP contribution in [0.1, 0.15) is 16.1 Å². The van der Waals surface area contributed by atoms with E-state index in [2.05, 4.69) is 15.0 Å². The molecule has 84 valence electrons. The Morgan fingerprint density at radius 1 is 1.73 bits per heavy atom. The van der Waals surface area contributed by atoms with E-state index in [9.17, 15) is 13.6 Å². The van der Waals surface area contributed by atoms with Gasteiger partial charge in [-0.15, -0.1) is 0 Å². The summed E-state index contributed by atoms with van der Waals surface area (Å²) in [5.74, 6) is -0.313. The van der Waals surface area contributed by atoms with Crippen molar-refractivity contribution in [2.45, 2.75) is 19.5 Å². The number of alkyl halides is 2. The van der Waals surface area contributed by atoms with Crippen molar-refractivity contribution in [3.8, 4) is 0 Å². The maximum absolute atomic E-state index is 11.9. The summed E-state index contributed by atoms with van der Waals surface area (Å²) in [6, 6.07) is 0. The molecule has 0 saturated heterocycles. The molecule has 1 atom stereocenters. The molecule has 0 fully saturated rings. The second-order valence-corrected chi connectivity index (χ2v) is 2.91. The van der Waals surface area contributed by atoms with Crippen LogP contribution in [0, 0.1) is 6.92 Å². The minimum absolute atomic E-state index is 0.163. The molecule has 0 aliphatic heterocycles. The number of amides is 1. The number of aliphatic hydroxyl groups excluding tert-OH is 1. The van der Waals surface area contributed by atoms with Crippen molar-refractivity contribution < 1.29 is 23.2 Å². The van der Waals surface area contributed by atoms with Crippen molar-refractivity contribution in [3.05, 3.63) is 17.5 Å². The van der Waals surface area contributed by atoms with E-state index in [1.165, 1.54) is 13.1 Å². The number of carbonyl (C=O) groups is 1. The van der Waals surface area contributed by atoms with E-state index < -0.39 is 25.0 Å². The SMILES string of the molecule is Cc1oncc1C(=O)NCC(O)C(F)F. The fourth-order valence-electron chi connectivity index (χ4n) is 0.898. The van der Waals surface area contributed by atoms with Gasteiger partial charge >= 0.3 is 0 Å². The average Bonchev–Trinajstić information content (AvgIpc) is 2.60. The number of rotatable bonds is 4. The Morgan fingerprint density at radius 3 is 2.87 bits per heavy atom. The van der Waals surface area contributed by atoms with Crippen LogP contribution < -0.4 is 5.32 Å². The van der Waals surface area contributed by atoms with E-state index in [4.69, 9.17) is 5.11 Å². The number of nitrogens with zero attached hydrogens (tertiary/aromatic N) is 1. The second kappa shape index (κ2) is 4.83. The number of carbonyl (C=O) groups excluding carboxylic acids is 1. The van der Waals surface area contributed by atoms with Crippen molar-refractivity contribution in [1.82, 2.24) is 10.5 Å². The van der Waals surface area contributed by atoms with Crippen LogP contribution >= 0.6 is 0 Å². The molecule has 0 saturated carbocycles. The third-order valence-electron chi connectivity index (χ3n) is 1.76. The molecule has 0 aromatic carbocycles. The highest BCUT2D eigenvalue weighted by Gasteiger charge is 2.19. The smallest absolute Gasteiger partial charge is 0.265 e. The highest BCUT2D eigenvalue weighted by atomic mass is 19.3. The van der Waals surface area contributed by atoms with E-state index in [-0.39, 0.29) is 5.56 Å². The van der Waals surface area contributed by atoms with Gasteiger partial charge in [-0.25, -0.2) is 8.78 Å². The number of aromatic nitrogens is 1. The maximum atomic E-state index is 11.9. The molecule has 0 spiro atoms. The lowest BCUT2D eigenvalue weighted by molar-refractivity contribution is -0.00270. The van der Waals surface area contributed by atoms with E-state index >= 15 is 0 Å². The summed E-state index contributed by atoms with van der Waals surface area (Å²) in [4.78, 5) is 11.3.